The van der Waals surface area contributed by atoms with Gasteiger partial charge in [-0.3, -0.25) is 9.69 Å². The summed E-state index contributed by atoms with van der Waals surface area (Å²) in [5.41, 5.74) is 2.54. The Hall–Kier alpha value is -1.35. The summed E-state index contributed by atoms with van der Waals surface area (Å²) < 4.78 is 0. The van der Waals surface area contributed by atoms with Crippen LogP contribution in [0.5, 0.6) is 0 Å². The second kappa shape index (κ2) is 10.4. The van der Waals surface area contributed by atoms with Crippen LogP contribution < -0.4 is 5.32 Å². The Morgan fingerprint density at radius 3 is 2.36 bits per heavy atom. The smallest absolute Gasteiger partial charge is 0.220 e. The molecule has 22 heavy (non-hydrogen) atoms. The Kier molecular flexibility index (Phi) is 8.83. The minimum atomic E-state index is 0.165. The average Bonchev–Trinajstić information content (AvgIpc) is 2.51. The highest BCUT2D eigenvalue weighted by Gasteiger charge is 2.10. The third-order valence-electron chi connectivity index (χ3n) is 4.20. The van der Waals surface area contributed by atoms with Crippen molar-refractivity contribution in [3.05, 3.63) is 35.4 Å². The van der Waals surface area contributed by atoms with Crippen LogP contribution in [0.3, 0.4) is 0 Å². The Morgan fingerprint density at radius 1 is 1.14 bits per heavy atom. The molecule has 1 aromatic carbocycles. The molecule has 0 saturated heterocycles. The maximum Gasteiger partial charge on any atom is 0.220 e. The van der Waals surface area contributed by atoms with Gasteiger partial charge >= 0.3 is 0 Å². The molecule has 1 amide bonds. The molecule has 1 unspecified atom stereocenters. The zero-order chi connectivity index (χ0) is 16.4. The van der Waals surface area contributed by atoms with Gasteiger partial charge in [0.1, 0.15) is 0 Å². The van der Waals surface area contributed by atoms with Crippen LogP contribution in [0.25, 0.3) is 0 Å². The normalized spacial score (nSPS) is 12.4. The van der Waals surface area contributed by atoms with E-state index in [1.54, 1.807) is 0 Å². The predicted molar refractivity (Wildman–Crippen MR) is 93.6 cm³/mol. The SMILES string of the molecule is CCCC(C)CC(=O)NCc1ccccc1CN(CC)CC. The molecule has 124 valence electrons. The van der Waals surface area contributed by atoms with Crippen LogP contribution in [-0.4, -0.2) is 23.9 Å². The third-order valence-corrected chi connectivity index (χ3v) is 4.20. The number of benzene rings is 1. The summed E-state index contributed by atoms with van der Waals surface area (Å²) in [5, 5.41) is 3.08. The number of rotatable bonds is 10. The Morgan fingerprint density at radius 2 is 1.77 bits per heavy atom. The second-order valence-electron chi connectivity index (χ2n) is 6.10. The van der Waals surface area contributed by atoms with Gasteiger partial charge in [-0.05, 0) is 30.1 Å². The van der Waals surface area contributed by atoms with Crippen LogP contribution in [0.1, 0.15) is 58.1 Å². The van der Waals surface area contributed by atoms with Crippen molar-refractivity contribution < 1.29 is 4.79 Å². The molecule has 1 atom stereocenters. The number of carbonyl (C=O) groups excluding carboxylic acids is 1. The van der Waals surface area contributed by atoms with Crippen LogP contribution in [-0.2, 0) is 17.9 Å². The van der Waals surface area contributed by atoms with E-state index < -0.39 is 0 Å². The minimum Gasteiger partial charge on any atom is -0.352 e. The van der Waals surface area contributed by atoms with Crippen LogP contribution >= 0.6 is 0 Å². The summed E-state index contributed by atoms with van der Waals surface area (Å²) in [6, 6.07) is 8.41. The monoisotopic (exact) mass is 304 g/mol. The number of hydrogen-bond donors (Lipinski definition) is 1. The highest BCUT2D eigenvalue weighted by molar-refractivity contribution is 5.76. The predicted octanol–water partition coefficient (Wildman–Crippen LogP) is 3.97. The topological polar surface area (TPSA) is 32.3 Å². The van der Waals surface area contributed by atoms with Crippen molar-refractivity contribution in [1.29, 1.82) is 0 Å². The van der Waals surface area contributed by atoms with Crippen molar-refractivity contribution in [1.82, 2.24) is 10.2 Å². The van der Waals surface area contributed by atoms with Crippen molar-refractivity contribution in [3.8, 4) is 0 Å². The van der Waals surface area contributed by atoms with E-state index in [0.29, 0.717) is 18.9 Å². The molecule has 0 radical (unpaired) electrons. The first-order valence-corrected chi connectivity index (χ1v) is 8.66. The summed E-state index contributed by atoms with van der Waals surface area (Å²) in [6.45, 7) is 12.4. The fourth-order valence-electron chi connectivity index (χ4n) is 2.75. The molecule has 3 nitrogen and oxygen atoms in total. The van der Waals surface area contributed by atoms with Gasteiger partial charge in [0.05, 0.1) is 0 Å². The standard InChI is InChI=1S/C19H32N2O/c1-5-10-16(4)13-19(22)20-14-17-11-8-9-12-18(17)15-21(6-2)7-3/h8-9,11-12,16H,5-7,10,13-15H2,1-4H3,(H,20,22). The van der Waals surface area contributed by atoms with E-state index in [4.69, 9.17) is 0 Å². The fourth-order valence-corrected chi connectivity index (χ4v) is 2.75. The lowest BCUT2D eigenvalue weighted by atomic mass is 10.0. The molecule has 1 N–H and O–H groups in total. The molecule has 3 heteroatoms. The number of carbonyl (C=O) groups is 1. The Balaban J connectivity index is 2.56. The third kappa shape index (κ3) is 6.61. The summed E-state index contributed by atoms with van der Waals surface area (Å²) in [5.74, 6) is 0.634. The molecule has 0 aromatic heterocycles. The lowest BCUT2D eigenvalue weighted by Gasteiger charge is -2.20. The lowest BCUT2D eigenvalue weighted by molar-refractivity contribution is -0.122. The van der Waals surface area contributed by atoms with Gasteiger partial charge in [-0.1, -0.05) is 64.8 Å². The highest BCUT2D eigenvalue weighted by Crippen LogP contribution is 2.13. The Labute approximate surface area is 136 Å². The van der Waals surface area contributed by atoms with Gasteiger partial charge < -0.3 is 5.32 Å². The summed E-state index contributed by atoms with van der Waals surface area (Å²) in [7, 11) is 0. The lowest BCUT2D eigenvalue weighted by Crippen LogP contribution is -2.26. The van der Waals surface area contributed by atoms with Crippen LogP contribution in [0.15, 0.2) is 24.3 Å². The average molecular weight is 304 g/mol. The van der Waals surface area contributed by atoms with Crippen LogP contribution in [0, 0.1) is 5.92 Å². The maximum absolute atomic E-state index is 12.0. The Bertz CT molecular complexity index is 441. The molecule has 0 fully saturated rings. The first kappa shape index (κ1) is 18.7. The van der Waals surface area contributed by atoms with Gasteiger partial charge in [0.2, 0.25) is 5.91 Å². The number of nitrogens with zero attached hydrogens (tertiary/aromatic N) is 1. The fraction of sp³-hybridized carbons (Fsp3) is 0.632. The van der Waals surface area contributed by atoms with E-state index >= 15 is 0 Å². The molecular weight excluding hydrogens is 272 g/mol. The van der Waals surface area contributed by atoms with Gasteiger partial charge in [0, 0.05) is 19.5 Å². The van der Waals surface area contributed by atoms with Gasteiger partial charge in [0.25, 0.3) is 0 Å². The maximum atomic E-state index is 12.0. The molecule has 0 aliphatic heterocycles. The molecule has 1 aromatic rings. The molecule has 0 aliphatic rings. The van der Waals surface area contributed by atoms with Gasteiger partial charge in [-0.25, -0.2) is 0 Å². The van der Waals surface area contributed by atoms with E-state index in [9.17, 15) is 4.79 Å². The number of hydrogen-bond acceptors (Lipinski definition) is 2. The van der Waals surface area contributed by atoms with Crippen LogP contribution in [0.2, 0.25) is 0 Å². The van der Waals surface area contributed by atoms with E-state index in [2.05, 4.69) is 56.1 Å². The van der Waals surface area contributed by atoms with Gasteiger partial charge in [-0.2, -0.15) is 0 Å². The second-order valence-corrected chi connectivity index (χ2v) is 6.10. The first-order valence-electron chi connectivity index (χ1n) is 8.66. The van der Waals surface area contributed by atoms with Crippen molar-refractivity contribution in [3.63, 3.8) is 0 Å². The van der Waals surface area contributed by atoms with E-state index in [1.807, 2.05) is 6.07 Å². The minimum absolute atomic E-state index is 0.165. The molecule has 0 aliphatic carbocycles. The molecule has 0 bridgehead atoms. The molecule has 0 saturated carbocycles. The van der Waals surface area contributed by atoms with E-state index in [0.717, 1.165) is 32.5 Å². The largest absolute Gasteiger partial charge is 0.352 e. The quantitative estimate of drug-likeness (QED) is 0.709. The summed E-state index contributed by atoms with van der Waals surface area (Å²) in [6.07, 6.45) is 2.89. The zero-order valence-electron chi connectivity index (χ0n) is 14.7. The van der Waals surface area contributed by atoms with Crippen molar-refractivity contribution >= 4 is 5.91 Å². The zero-order valence-corrected chi connectivity index (χ0v) is 14.7. The van der Waals surface area contributed by atoms with Gasteiger partial charge in [0.15, 0.2) is 0 Å². The molecule has 0 heterocycles. The summed E-state index contributed by atoms with van der Waals surface area (Å²) >= 11 is 0. The van der Waals surface area contributed by atoms with E-state index in [-0.39, 0.29) is 5.91 Å². The van der Waals surface area contributed by atoms with Crippen molar-refractivity contribution in [2.24, 2.45) is 5.92 Å². The van der Waals surface area contributed by atoms with Crippen molar-refractivity contribution in [2.45, 2.75) is 60.0 Å². The number of nitrogens with one attached hydrogen (secondary N) is 1. The first-order chi connectivity index (χ1) is 10.6. The molecule has 1 rings (SSSR count). The van der Waals surface area contributed by atoms with E-state index in [1.165, 1.54) is 11.1 Å². The van der Waals surface area contributed by atoms with Crippen LogP contribution in [0.4, 0.5) is 0 Å². The van der Waals surface area contributed by atoms with Crippen molar-refractivity contribution in [2.75, 3.05) is 13.1 Å². The molecule has 0 spiro atoms. The summed E-state index contributed by atoms with van der Waals surface area (Å²) in [4.78, 5) is 14.4. The molecular formula is C19H32N2O. The highest BCUT2D eigenvalue weighted by atomic mass is 16.1. The number of amides is 1. The van der Waals surface area contributed by atoms with Gasteiger partial charge in [-0.15, -0.1) is 0 Å².